The Bertz CT molecular complexity index is 1810. The lowest BCUT2D eigenvalue weighted by Crippen LogP contribution is -2.58. The number of benzene rings is 5. The molecule has 4 aliphatic heterocycles. The van der Waals surface area contributed by atoms with Crippen molar-refractivity contribution in [2.75, 3.05) is 40.9 Å². The van der Waals surface area contributed by atoms with Crippen LogP contribution in [-0.4, -0.2) is 32.9 Å². The smallest absolute Gasteiger partial charge is 0.247 e. The molecule has 0 bridgehead atoms. The summed E-state index contributed by atoms with van der Waals surface area (Å²) in [5, 5.41) is 0. The molecule has 6 heteroatoms. The topological polar surface area (TPSA) is 9.72 Å². The van der Waals surface area contributed by atoms with Crippen molar-refractivity contribution in [1.82, 2.24) is 0 Å². The van der Waals surface area contributed by atoms with Gasteiger partial charge in [-0.3, -0.25) is 0 Å². The molecule has 240 valence electrons. The molecule has 0 radical (unpaired) electrons. The molecule has 48 heavy (non-hydrogen) atoms. The number of nitrogens with zero attached hydrogens (tertiary/aromatic N) is 3. The Kier molecular flexibility index (Phi) is 7.97. The highest BCUT2D eigenvalue weighted by Gasteiger charge is 2.39. The average molecular weight is 664 g/mol. The average Bonchev–Trinajstić information content (AvgIpc) is 3.12. The van der Waals surface area contributed by atoms with E-state index >= 15 is 0 Å². The maximum atomic E-state index is 2.61. The molecule has 5 aromatic rings. The van der Waals surface area contributed by atoms with Crippen LogP contribution in [0, 0.1) is 11.8 Å². The summed E-state index contributed by atoms with van der Waals surface area (Å²) in [6, 6.07) is 41.4. The first-order chi connectivity index (χ1) is 23.6. The number of para-hydroxylation sites is 2. The van der Waals surface area contributed by atoms with E-state index in [1.54, 1.807) is 0 Å². The molecular formula is C42H42BN3S2. The van der Waals surface area contributed by atoms with Crippen LogP contribution >= 0.6 is 23.5 Å². The Labute approximate surface area is 294 Å². The lowest BCUT2D eigenvalue weighted by atomic mass is 9.36. The third-order valence-corrected chi connectivity index (χ3v) is 13.3. The summed E-state index contributed by atoms with van der Waals surface area (Å²) < 4.78 is 0. The second kappa shape index (κ2) is 12.6. The van der Waals surface area contributed by atoms with E-state index in [1.165, 1.54) is 90.1 Å². The summed E-state index contributed by atoms with van der Waals surface area (Å²) in [4.78, 5) is 13.2. The van der Waals surface area contributed by atoms with Crippen molar-refractivity contribution >= 4 is 75.1 Å². The van der Waals surface area contributed by atoms with E-state index < -0.39 is 0 Å². The van der Waals surface area contributed by atoms with Gasteiger partial charge in [-0.25, -0.2) is 0 Å². The minimum absolute atomic E-state index is 0.240. The van der Waals surface area contributed by atoms with Crippen molar-refractivity contribution < 1.29 is 0 Å². The lowest BCUT2D eigenvalue weighted by molar-refractivity contribution is 0.438. The van der Waals surface area contributed by atoms with E-state index in [1.807, 2.05) is 23.5 Å². The Morgan fingerprint density at radius 2 is 0.958 bits per heavy atom. The van der Waals surface area contributed by atoms with Crippen LogP contribution in [0.3, 0.4) is 0 Å². The normalized spacial score (nSPS) is 17.5. The molecular weight excluding hydrogens is 621 g/mol. The molecule has 0 saturated carbocycles. The minimum Gasteiger partial charge on any atom is -0.371 e. The quantitative estimate of drug-likeness (QED) is 0.170. The maximum absolute atomic E-state index is 2.61. The molecule has 4 aliphatic rings. The van der Waals surface area contributed by atoms with Crippen LogP contribution in [0.5, 0.6) is 0 Å². The zero-order chi connectivity index (χ0) is 32.2. The highest BCUT2D eigenvalue weighted by molar-refractivity contribution is 8.01. The Balaban J connectivity index is 1.19. The number of hydrogen-bond donors (Lipinski definition) is 0. The number of fused-ring (bicyclic) bond motifs is 4. The zero-order valence-corrected chi connectivity index (χ0v) is 29.6. The van der Waals surface area contributed by atoms with E-state index in [0.29, 0.717) is 0 Å². The first-order valence-corrected chi connectivity index (χ1v) is 19.4. The summed E-state index contributed by atoms with van der Waals surface area (Å²) in [7, 11) is 0. The molecule has 4 heterocycles. The summed E-state index contributed by atoms with van der Waals surface area (Å²) in [6.45, 7) is 9.65. The van der Waals surface area contributed by atoms with Crippen LogP contribution in [-0.2, 0) is 0 Å². The van der Waals surface area contributed by atoms with Crippen LogP contribution in [0.2, 0.25) is 0 Å². The van der Waals surface area contributed by atoms with Gasteiger partial charge in [0.15, 0.2) is 0 Å². The molecule has 0 spiro atoms. The predicted molar refractivity (Wildman–Crippen MR) is 208 cm³/mol. The van der Waals surface area contributed by atoms with Gasteiger partial charge in [0, 0.05) is 74.2 Å². The molecule has 5 aromatic carbocycles. The number of hydrogen-bond acceptors (Lipinski definition) is 5. The van der Waals surface area contributed by atoms with Crippen LogP contribution in [0.4, 0.5) is 28.4 Å². The van der Waals surface area contributed by atoms with Gasteiger partial charge in [-0.2, -0.15) is 0 Å². The Hall–Kier alpha value is -3.74. The van der Waals surface area contributed by atoms with Crippen LogP contribution in [0.15, 0.2) is 129 Å². The molecule has 0 N–H and O–H groups in total. The van der Waals surface area contributed by atoms with Gasteiger partial charge >= 0.3 is 0 Å². The Morgan fingerprint density at radius 3 is 1.40 bits per heavy atom. The largest absolute Gasteiger partial charge is 0.371 e. The number of anilines is 5. The van der Waals surface area contributed by atoms with Gasteiger partial charge < -0.3 is 14.7 Å². The second-order valence-corrected chi connectivity index (χ2v) is 16.5. The standard InChI is InChI=1S/C42H42BN3S2/c1-29-17-21-44(22-18-29)33-13-15-36-38(25-33)47-40-27-35(46(31-9-5-3-6-10-31)32-11-7-4-8-12-32)28-41-42(40)43(36)37-16-14-34(26-39(37)48-41)45-23-19-30(2)20-24-45/h3-16,25-30H,17-24H2,1-2H3. The maximum Gasteiger partial charge on any atom is 0.247 e. The van der Waals surface area contributed by atoms with Gasteiger partial charge in [0.05, 0.1) is 0 Å². The van der Waals surface area contributed by atoms with E-state index in [0.717, 1.165) is 38.0 Å². The van der Waals surface area contributed by atoms with Gasteiger partial charge in [0.2, 0.25) is 6.71 Å². The molecule has 0 unspecified atom stereocenters. The van der Waals surface area contributed by atoms with Gasteiger partial charge in [-0.1, -0.05) is 96.8 Å². The molecule has 9 rings (SSSR count). The molecule has 2 saturated heterocycles. The third-order valence-electron chi connectivity index (χ3n) is 11.0. The monoisotopic (exact) mass is 663 g/mol. The fourth-order valence-corrected chi connectivity index (χ4v) is 10.7. The summed E-state index contributed by atoms with van der Waals surface area (Å²) >= 11 is 3.95. The van der Waals surface area contributed by atoms with E-state index in [-0.39, 0.29) is 6.71 Å². The molecule has 2 fully saturated rings. The van der Waals surface area contributed by atoms with E-state index in [4.69, 9.17) is 0 Å². The number of piperidine rings is 2. The molecule has 0 aliphatic carbocycles. The first kappa shape index (κ1) is 30.3. The molecule has 0 atom stereocenters. The Morgan fingerprint density at radius 1 is 0.521 bits per heavy atom. The van der Waals surface area contributed by atoms with Crippen LogP contribution < -0.4 is 31.1 Å². The summed E-state index contributed by atoms with van der Waals surface area (Å²) in [6.07, 6.45) is 5.11. The third kappa shape index (κ3) is 5.51. The summed E-state index contributed by atoms with van der Waals surface area (Å²) in [5.74, 6) is 1.65. The minimum atomic E-state index is 0.240. The van der Waals surface area contributed by atoms with Crippen molar-refractivity contribution in [2.45, 2.75) is 59.1 Å². The summed E-state index contributed by atoms with van der Waals surface area (Å²) in [5.41, 5.74) is 10.7. The van der Waals surface area contributed by atoms with Gasteiger partial charge in [0.25, 0.3) is 0 Å². The first-order valence-electron chi connectivity index (χ1n) is 17.8. The van der Waals surface area contributed by atoms with Gasteiger partial charge in [-0.15, -0.1) is 0 Å². The lowest BCUT2D eigenvalue weighted by Gasteiger charge is -2.37. The molecule has 0 amide bonds. The zero-order valence-electron chi connectivity index (χ0n) is 27.9. The van der Waals surface area contributed by atoms with Crippen molar-refractivity contribution in [3.63, 3.8) is 0 Å². The van der Waals surface area contributed by atoms with Crippen LogP contribution in [0.1, 0.15) is 39.5 Å². The van der Waals surface area contributed by atoms with Crippen molar-refractivity contribution in [3.05, 3.63) is 109 Å². The molecule has 3 nitrogen and oxygen atoms in total. The van der Waals surface area contributed by atoms with Crippen molar-refractivity contribution in [2.24, 2.45) is 11.8 Å². The fraction of sp³-hybridized carbons (Fsp3) is 0.286. The highest BCUT2D eigenvalue weighted by atomic mass is 32.2. The van der Waals surface area contributed by atoms with Crippen molar-refractivity contribution in [1.29, 1.82) is 0 Å². The second-order valence-electron chi connectivity index (χ2n) is 14.3. The van der Waals surface area contributed by atoms with Gasteiger partial charge in [0.1, 0.15) is 0 Å². The van der Waals surface area contributed by atoms with Gasteiger partial charge in [-0.05, 0) is 104 Å². The van der Waals surface area contributed by atoms with Crippen LogP contribution in [0.25, 0.3) is 0 Å². The predicted octanol–water partition coefficient (Wildman–Crippen LogP) is 9.07. The number of rotatable bonds is 5. The SMILES string of the molecule is CC1CCN(c2ccc3c(c2)Sc2cc(N(c4ccccc4)c4ccccc4)cc4c2B3c2ccc(N3CCC(C)CC3)cc2S4)CC1. The van der Waals surface area contributed by atoms with Crippen molar-refractivity contribution in [3.8, 4) is 0 Å². The highest BCUT2D eigenvalue weighted by Crippen LogP contribution is 2.45. The van der Waals surface area contributed by atoms with E-state index in [2.05, 4.69) is 138 Å². The molecule has 0 aromatic heterocycles. The fourth-order valence-electron chi connectivity index (χ4n) is 8.11. The van der Waals surface area contributed by atoms with E-state index in [9.17, 15) is 0 Å².